The van der Waals surface area contributed by atoms with Gasteiger partial charge in [-0.25, -0.2) is 4.98 Å². The van der Waals surface area contributed by atoms with Crippen LogP contribution in [0.5, 0.6) is 5.75 Å². The van der Waals surface area contributed by atoms with E-state index < -0.39 is 0 Å². The zero-order valence-corrected chi connectivity index (χ0v) is 13.3. The topological polar surface area (TPSA) is 48.1 Å². The first kappa shape index (κ1) is 14.6. The van der Waals surface area contributed by atoms with Gasteiger partial charge in [0.05, 0.1) is 12.3 Å². The normalized spacial score (nSPS) is 10.6. The summed E-state index contributed by atoms with van der Waals surface area (Å²) < 4.78 is 5.48. The summed E-state index contributed by atoms with van der Waals surface area (Å²) in [5, 5.41) is 0.611. The highest BCUT2D eigenvalue weighted by molar-refractivity contribution is 7.15. The molecule has 0 atom stereocenters. The number of benzene rings is 2. The maximum atomic E-state index is 5.92. The molecule has 0 saturated carbocycles. The summed E-state index contributed by atoms with van der Waals surface area (Å²) in [4.78, 5) is 5.68. The van der Waals surface area contributed by atoms with E-state index in [1.165, 1.54) is 10.4 Å². The van der Waals surface area contributed by atoms with E-state index >= 15 is 0 Å². The van der Waals surface area contributed by atoms with Crippen LogP contribution in [0.25, 0.3) is 11.3 Å². The number of hydrogen-bond donors (Lipinski definition) is 1. The summed E-state index contributed by atoms with van der Waals surface area (Å²) in [5.74, 6) is 0.901. The average molecular weight is 310 g/mol. The minimum Gasteiger partial charge on any atom is -0.494 e. The van der Waals surface area contributed by atoms with Crippen LogP contribution in [-0.4, -0.2) is 11.6 Å². The second-order valence-electron chi connectivity index (χ2n) is 4.94. The van der Waals surface area contributed by atoms with E-state index in [4.69, 9.17) is 10.5 Å². The minimum atomic E-state index is 0.611. The van der Waals surface area contributed by atoms with Gasteiger partial charge in [-0.15, -0.1) is 11.3 Å². The number of rotatable bonds is 5. The van der Waals surface area contributed by atoms with Crippen molar-refractivity contribution in [1.29, 1.82) is 0 Å². The zero-order chi connectivity index (χ0) is 15.4. The molecule has 112 valence electrons. The van der Waals surface area contributed by atoms with Crippen LogP contribution in [0.4, 0.5) is 5.13 Å². The van der Waals surface area contributed by atoms with Crippen LogP contribution < -0.4 is 10.5 Å². The Hall–Kier alpha value is -2.33. The average Bonchev–Trinajstić information content (AvgIpc) is 2.91. The largest absolute Gasteiger partial charge is 0.494 e. The fourth-order valence-corrected chi connectivity index (χ4v) is 3.26. The van der Waals surface area contributed by atoms with Gasteiger partial charge in [0, 0.05) is 16.9 Å². The van der Waals surface area contributed by atoms with Crippen LogP contribution in [0.15, 0.2) is 54.6 Å². The van der Waals surface area contributed by atoms with E-state index in [0.29, 0.717) is 11.7 Å². The van der Waals surface area contributed by atoms with Gasteiger partial charge in [-0.05, 0) is 24.6 Å². The van der Waals surface area contributed by atoms with E-state index in [0.717, 1.165) is 23.4 Å². The number of nitrogens with two attached hydrogens (primary N) is 1. The van der Waals surface area contributed by atoms with E-state index in [1.54, 1.807) is 11.3 Å². The van der Waals surface area contributed by atoms with Gasteiger partial charge in [-0.3, -0.25) is 0 Å². The lowest BCUT2D eigenvalue weighted by Crippen LogP contribution is -1.92. The molecule has 1 heterocycles. The maximum Gasteiger partial charge on any atom is 0.180 e. The quantitative estimate of drug-likeness (QED) is 0.760. The molecule has 0 aliphatic rings. The molecule has 4 heteroatoms. The minimum absolute atomic E-state index is 0.611. The molecule has 0 spiro atoms. The summed E-state index contributed by atoms with van der Waals surface area (Å²) in [6, 6.07) is 18.4. The fourth-order valence-electron chi connectivity index (χ4n) is 2.37. The molecule has 0 saturated heterocycles. The van der Waals surface area contributed by atoms with E-state index in [-0.39, 0.29) is 0 Å². The van der Waals surface area contributed by atoms with Crippen LogP contribution in [0.1, 0.15) is 17.4 Å². The molecule has 0 fully saturated rings. The van der Waals surface area contributed by atoms with Crippen molar-refractivity contribution >= 4 is 16.5 Å². The molecule has 0 aliphatic carbocycles. The predicted octanol–water partition coefficient (Wildman–Crippen LogP) is 4.38. The van der Waals surface area contributed by atoms with Crippen LogP contribution in [0.3, 0.4) is 0 Å². The number of thiazole rings is 1. The SMILES string of the molecule is CCOc1ccc(Cc2sc(N)nc2-c2ccccc2)cc1. The number of ether oxygens (including phenoxy) is 1. The number of anilines is 1. The molecule has 3 rings (SSSR count). The molecule has 1 aromatic heterocycles. The number of aromatic nitrogens is 1. The van der Waals surface area contributed by atoms with Crippen molar-refractivity contribution in [3.8, 4) is 17.0 Å². The highest BCUT2D eigenvalue weighted by atomic mass is 32.1. The smallest absolute Gasteiger partial charge is 0.180 e. The molecule has 0 unspecified atom stereocenters. The molecule has 2 N–H and O–H groups in total. The van der Waals surface area contributed by atoms with Crippen molar-refractivity contribution in [3.05, 3.63) is 65.0 Å². The van der Waals surface area contributed by atoms with Crippen molar-refractivity contribution in [3.63, 3.8) is 0 Å². The Kier molecular flexibility index (Phi) is 4.39. The van der Waals surface area contributed by atoms with Crippen molar-refractivity contribution in [1.82, 2.24) is 4.98 Å². The first-order valence-corrected chi connectivity index (χ1v) is 8.10. The van der Waals surface area contributed by atoms with Gasteiger partial charge in [0.1, 0.15) is 5.75 Å². The van der Waals surface area contributed by atoms with Gasteiger partial charge >= 0.3 is 0 Å². The van der Waals surface area contributed by atoms with Crippen LogP contribution in [0.2, 0.25) is 0 Å². The third-order valence-electron chi connectivity index (χ3n) is 3.36. The van der Waals surface area contributed by atoms with Crippen molar-refractivity contribution < 1.29 is 4.74 Å². The first-order valence-electron chi connectivity index (χ1n) is 7.28. The molecule has 22 heavy (non-hydrogen) atoms. The Bertz CT molecular complexity index is 736. The monoisotopic (exact) mass is 310 g/mol. The summed E-state index contributed by atoms with van der Waals surface area (Å²) in [6.07, 6.45) is 0.825. The lowest BCUT2D eigenvalue weighted by atomic mass is 10.1. The Labute approximate surface area is 134 Å². The molecule has 0 aliphatic heterocycles. The highest BCUT2D eigenvalue weighted by Gasteiger charge is 2.12. The summed E-state index contributed by atoms with van der Waals surface area (Å²) >= 11 is 1.55. The zero-order valence-electron chi connectivity index (χ0n) is 12.5. The summed E-state index contributed by atoms with van der Waals surface area (Å²) in [5.41, 5.74) is 9.24. The van der Waals surface area contributed by atoms with Gasteiger partial charge in [-0.2, -0.15) is 0 Å². The van der Waals surface area contributed by atoms with E-state index in [9.17, 15) is 0 Å². The molecular weight excluding hydrogens is 292 g/mol. The van der Waals surface area contributed by atoms with Gasteiger partial charge in [-0.1, -0.05) is 42.5 Å². The predicted molar refractivity (Wildman–Crippen MR) is 92.4 cm³/mol. The second-order valence-corrected chi connectivity index (χ2v) is 6.06. The molecule has 3 nitrogen and oxygen atoms in total. The van der Waals surface area contributed by atoms with Crippen molar-refractivity contribution in [2.75, 3.05) is 12.3 Å². The lowest BCUT2D eigenvalue weighted by molar-refractivity contribution is 0.340. The van der Waals surface area contributed by atoms with Crippen molar-refractivity contribution in [2.45, 2.75) is 13.3 Å². The number of hydrogen-bond acceptors (Lipinski definition) is 4. The Balaban J connectivity index is 1.86. The lowest BCUT2D eigenvalue weighted by Gasteiger charge is -2.05. The molecular formula is C18H18N2OS. The molecule has 0 bridgehead atoms. The third kappa shape index (κ3) is 3.28. The van der Waals surface area contributed by atoms with Gasteiger partial charge in [0.25, 0.3) is 0 Å². The first-order chi connectivity index (χ1) is 10.8. The maximum absolute atomic E-state index is 5.92. The molecule has 0 radical (unpaired) electrons. The van der Waals surface area contributed by atoms with Crippen LogP contribution in [-0.2, 0) is 6.42 Å². The van der Waals surface area contributed by atoms with Gasteiger partial charge in [0.15, 0.2) is 5.13 Å². The van der Waals surface area contributed by atoms with Gasteiger partial charge in [0.2, 0.25) is 0 Å². The molecule has 0 amide bonds. The van der Waals surface area contributed by atoms with E-state index in [2.05, 4.69) is 29.2 Å². The Morgan fingerprint density at radius 2 is 1.77 bits per heavy atom. The summed E-state index contributed by atoms with van der Waals surface area (Å²) in [6.45, 7) is 2.67. The van der Waals surface area contributed by atoms with E-state index in [1.807, 2.05) is 37.3 Å². The van der Waals surface area contributed by atoms with Crippen LogP contribution in [0, 0.1) is 0 Å². The second kappa shape index (κ2) is 6.62. The van der Waals surface area contributed by atoms with Crippen molar-refractivity contribution in [2.24, 2.45) is 0 Å². The van der Waals surface area contributed by atoms with Gasteiger partial charge < -0.3 is 10.5 Å². The highest BCUT2D eigenvalue weighted by Crippen LogP contribution is 2.31. The molecule has 2 aromatic carbocycles. The standard InChI is InChI=1S/C18H18N2OS/c1-2-21-15-10-8-13(9-11-15)12-16-17(20-18(19)22-16)14-6-4-3-5-7-14/h3-11H,2,12H2,1H3,(H2,19,20). The summed E-state index contributed by atoms with van der Waals surface area (Å²) in [7, 11) is 0. The number of nitrogens with zero attached hydrogens (tertiary/aromatic N) is 1. The Morgan fingerprint density at radius 3 is 2.45 bits per heavy atom. The Morgan fingerprint density at radius 1 is 1.05 bits per heavy atom. The molecule has 3 aromatic rings. The third-order valence-corrected chi connectivity index (χ3v) is 4.24. The fraction of sp³-hybridized carbons (Fsp3) is 0.167. The number of nitrogen functional groups attached to an aromatic ring is 1. The van der Waals surface area contributed by atoms with Crippen LogP contribution >= 0.6 is 11.3 Å².